The fourth-order valence-electron chi connectivity index (χ4n) is 4.51. The highest BCUT2D eigenvalue weighted by molar-refractivity contribution is 7.86. The molecular weight excluding hydrogens is 602 g/mol. The summed E-state index contributed by atoms with van der Waals surface area (Å²) >= 11 is 0. The third-order valence-corrected chi connectivity index (χ3v) is 7.48. The lowest BCUT2D eigenvalue weighted by atomic mass is 10.1. The zero-order chi connectivity index (χ0) is 31.9. The number of benzene rings is 4. The van der Waals surface area contributed by atoms with E-state index in [-0.39, 0.29) is 39.6 Å². The highest BCUT2D eigenvalue weighted by Crippen LogP contribution is 2.46. The molecule has 0 aliphatic heterocycles. The number of phenols is 1. The lowest BCUT2D eigenvalue weighted by Crippen LogP contribution is -2.00. The largest absolute Gasteiger partial charge is 0.505 e. The van der Waals surface area contributed by atoms with E-state index in [1.165, 1.54) is 12.1 Å². The molecule has 15 nitrogen and oxygen atoms in total. The van der Waals surface area contributed by atoms with E-state index < -0.39 is 26.5 Å². The van der Waals surface area contributed by atoms with Crippen LogP contribution in [0.2, 0.25) is 0 Å². The number of aryl methyl sites for hydroxylation is 3. The number of nitrogens with zero attached hydrogens (tertiary/aromatic N) is 8. The summed E-state index contributed by atoms with van der Waals surface area (Å²) < 4.78 is 45.3. The maximum absolute atomic E-state index is 12.4. The fraction of sp³-hybridized carbons (Fsp3) is 0.103. The molecule has 2 heterocycles. The topological polar surface area (TPSA) is 228 Å². The van der Waals surface area contributed by atoms with E-state index in [1.807, 2.05) is 19.1 Å². The highest BCUT2D eigenvalue weighted by Gasteiger charge is 2.24. The predicted octanol–water partition coefficient (Wildman–Crippen LogP) is 7.23. The Labute approximate surface area is 254 Å². The number of nitrogen functional groups attached to an aromatic ring is 1. The van der Waals surface area contributed by atoms with Crippen LogP contribution in [0.5, 0.6) is 5.75 Å². The monoisotopic (exact) mass is 625 g/mol. The van der Waals surface area contributed by atoms with E-state index in [0.29, 0.717) is 28.5 Å². The zero-order valence-electron chi connectivity index (χ0n) is 23.9. The lowest BCUT2D eigenvalue weighted by molar-refractivity contribution is 0.425. The Morgan fingerprint density at radius 1 is 0.756 bits per heavy atom. The molecule has 0 saturated carbocycles. The summed E-state index contributed by atoms with van der Waals surface area (Å²) in [6.07, 6.45) is 0. The van der Waals surface area contributed by atoms with Gasteiger partial charge < -0.3 is 19.9 Å². The molecule has 4 aromatic carbocycles. The van der Waals surface area contributed by atoms with E-state index in [0.717, 1.165) is 11.6 Å². The van der Waals surface area contributed by atoms with Crippen molar-refractivity contribution in [1.82, 2.24) is 20.3 Å². The molecule has 16 heteroatoms. The van der Waals surface area contributed by atoms with Gasteiger partial charge in [-0.1, -0.05) is 40.1 Å². The number of aromatic nitrogens is 4. The molecule has 226 valence electrons. The Kier molecular flexibility index (Phi) is 7.35. The Hall–Kier alpha value is -5.87. The smallest absolute Gasteiger partial charge is 0.296 e. The number of fused-ring (bicyclic) bond motifs is 1. The molecule has 0 aliphatic rings. The molecule has 0 aliphatic carbocycles. The van der Waals surface area contributed by atoms with Crippen molar-refractivity contribution in [3.63, 3.8) is 0 Å². The van der Waals surface area contributed by atoms with E-state index in [4.69, 9.17) is 14.8 Å². The van der Waals surface area contributed by atoms with Gasteiger partial charge in [0.1, 0.15) is 16.3 Å². The standard InChI is InChI=1S/C29H23N9O6S/c1-14-8-10-21(19(12-14)29-32-16(3)38-44-29)33-35-22-11-9-17-13-23(45(40,41)42)26(27(39)24(17)25(22)30)36-34-20-7-5-4-6-18(20)28-31-15(2)37-43-28/h4-13,39H,30H2,1-3H3,(H,40,41,42). The fourth-order valence-corrected chi connectivity index (χ4v) is 5.17. The van der Waals surface area contributed by atoms with Crippen LogP contribution in [-0.4, -0.2) is 38.4 Å². The number of hydrogen-bond acceptors (Lipinski definition) is 14. The third-order valence-electron chi connectivity index (χ3n) is 6.61. The summed E-state index contributed by atoms with van der Waals surface area (Å²) in [5, 5.41) is 35.9. The summed E-state index contributed by atoms with van der Waals surface area (Å²) in [5.41, 5.74) is 8.54. The number of phenolic OH excluding ortho intramolecular Hbond substituents is 1. The van der Waals surface area contributed by atoms with Crippen molar-refractivity contribution in [2.24, 2.45) is 20.5 Å². The molecule has 0 saturated heterocycles. The molecule has 0 spiro atoms. The van der Waals surface area contributed by atoms with Gasteiger partial charge in [0.2, 0.25) is 0 Å². The minimum atomic E-state index is -4.87. The summed E-state index contributed by atoms with van der Waals surface area (Å²) in [6, 6.07) is 16.1. The molecule has 0 fully saturated rings. The van der Waals surface area contributed by atoms with Crippen LogP contribution in [0.1, 0.15) is 17.2 Å². The number of rotatable bonds is 7. The van der Waals surface area contributed by atoms with Gasteiger partial charge in [0, 0.05) is 0 Å². The first-order valence-corrected chi connectivity index (χ1v) is 14.6. The SMILES string of the molecule is Cc1ccc(N=Nc2ccc3cc(S(=O)(=O)O)c(N=Nc4ccccc4-c4nc(C)no4)c(O)c3c2N)c(-c2nc(C)no2)c1. The minimum absolute atomic E-state index is 0.0188. The van der Waals surface area contributed by atoms with Gasteiger partial charge in [-0.15, -0.1) is 20.5 Å². The highest BCUT2D eigenvalue weighted by atomic mass is 32.2. The molecular formula is C29H23N9O6S. The van der Waals surface area contributed by atoms with Gasteiger partial charge in [-0.05, 0) is 62.6 Å². The molecule has 2 aromatic heterocycles. The summed E-state index contributed by atoms with van der Waals surface area (Å²) in [4.78, 5) is 7.77. The Bertz CT molecular complexity index is 2280. The number of aromatic hydroxyl groups is 1. The molecule has 0 bridgehead atoms. The van der Waals surface area contributed by atoms with E-state index in [1.54, 1.807) is 44.2 Å². The first-order valence-electron chi connectivity index (χ1n) is 13.2. The Balaban J connectivity index is 1.46. The first kappa shape index (κ1) is 29.2. The van der Waals surface area contributed by atoms with Crippen molar-refractivity contribution in [3.8, 4) is 28.7 Å². The van der Waals surface area contributed by atoms with Gasteiger partial charge in [-0.25, -0.2) is 0 Å². The number of azo groups is 2. The van der Waals surface area contributed by atoms with Gasteiger partial charge in [-0.2, -0.15) is 18.4 Å². The second kappa shape index (κ2) is 11.3. The second-order valence-electron chi connectivity index (χ2n) is 9.87. The summed E-state index contributed by atoms with van der Waals surface area (Å²) in [5.74, 6) is 0.614. The number of anilines is 1. The lowest BCUT2D eigenvalue weighted by Gasteiger charge is -2.12. The van der Waals surface area contributed by atoms with Gasteiger partial charge >= 0.3 is 0 Å². The van der Waals surface area contributed by atoms with Crippen molar-refractivity contribution in [2.45, 2.75) is 25.7 Å². The van der Waals surface area contributed by atoms with E-state index in [2.05, 4.69) is 40.7 Å². The van der Waals surface area contributed by atoms with Gasteiger partial charge in [-0.3, -0.25) is 4.55 Å². The number of nitrogens with two attached hydrogens (primary N) is 1. The Morgan fingerprint density at radius 2 is 1.36 bits per heavy atom. The van der Waals surface area contributed by atoms with Crippen LogP contribution < -0.4 is 5.73 Å². The average Bonchev–Trinajstić information content (AvgIpc) is 3.64. The van der Waals surface area contributed by atoms with Gasteiger partial charge in [0.05, 0.1) is 33.6 Å². The molecule has 45 heavy (non-hydrogen) atoms. The van der Waals surface area contributed by atoms with E-state index in [9.17, 15) is 18.1 Å². The zero-order valence-corrected chi connectivity index (χ0v) is 24.7. The minimum Gasteiger partial charge on any atom is -0.505 e. The van der Waals surface area contributed by atoms with Crippen LogP contribution in [-0.2, 0) is 10.1 Å². The van der Waals surface area contributed by atoms with Crippen LogP contribution in [0.25, 0.3) is 33.7 Å². The second-order valence-corrected chi connectivity index (χ2v) is 11.3. The molecule has 0 unspecified atom stereocenters. The average molecular weight is 626 g/mol. The maximum atomic E-state index is 12.4. The summed E-state index contributed by atoms with van der Waals surface area (Å²) in [7, 11) is -4.87. The molecule has 6 aromatic rings. The Morgan fingerprint density at radius 3 is 2.02 bits per heavy atom. The van der Waals surface area contributed by atoms with Crippen molar-refractivity contribution >= 4 is 49.3 Å². The van der Waals surface area contributed by atoms with E-state index >= 15 is 0 Å². The van der Waals surface area contributed by atoms with Crippen LogP contribution in [0, 0.1) is 20.8 Å². The van der Waals surface area contributed by atoms with Crippen molar-refractivity contribution in [2.75, 3.05) is 5.73 Å². The quantitative estimate of drug-likeness (QED) is 0.0909. The third kappa shape index (κ3) is 5.74. The first-order chi connectivity index (χ1) is 21.5. The number of hydrogen-bond donors (Lipinski definition) is 3. The molecule has 0 amide bonds. The predicted molar refractivity (Wildman–Crippen MR) is 162 cm³/mol. The van der Waals surface area contributed by atoms with Crippen LogP contribution in [0.15, 0.2) is 95.1 Å². The molecule has 0 atom stereocenters. The maximum Gasteiger partial charge on any atom is 0.296 e. The molecule has 6 rings (SSSR count). The van der Waals surface area contributed by atoms with Gasteiger partial charge in [0.15, 0.2) is 17.4 Å². The molecule has 0 radical (unpaired) electrons. The summed E-state index contributed by atoms with van der Waals surface area (Å²) in [6.45, 7) is 5.24. The normalized spacial score (nSPS) is 12.2. The van der Waals surface area contributed by atoms with Crippen LogP contribution >= 0.6 is 0 Å². The van der Waals surface area contributed by atoms with Crippen LogP contribution in [0.4, 0.5) is 28.4 Å². The van der Waals surface area contributed by atoms with Crippen molar-refractivity contribution < 1.29 is 27.1 Å². The van der Waals surface area contributed by atoms with Crippen LogP contribution in [0.3, 0.4) is 0 Å². The van der Waals surface area contributed by atoms with Crippen molar-refractivity contribution in [3.05, 3.63) is 77.9 Å². The molecule has 4 N–H and O–H groups in total. The van der Waals surface area contributed by atoms with Gasteiger partial charge in [0.25, 0.3) is 21.9 Å². The van der Waals surface area contributed by atoms with Crippen molar-refractivity contribution in [1.29, 1.82) is 0 Å².